The summed E-state index contributed by atoms with van der Waals surface area (Å²) in [7, 11) is 0. The molecule has 5 heterocycles. The van der Waals surface area contributed by atoms with Gasteiger partial charge in [0.1, 0.15) is 0 Å². The summed E-state index contributed by atoms with van der Waals surface area (Å²) in [6.07, 6.45) is 15.2. The first-order chi connectivity index (χ1) is 11.8. The molecule has 0 saturated heterocycles. The minimum absolute atomic E-state index is 0.254. The molecule has 2 aromatic rings. The van der Waals surface area contributed by atoms with Crippen LogP contribution in [0, 0.1) is 0 Å². The molecular formula is C20H20N4. The number of fused-ring (bicyclic) bond motifs is 7. The summed E-state index contributed by atoms with van der Waals surface area (Å²) in [6, 6.07) is 9.43. The van der Waals surface area contributed by atoms with Crippen LogP contribution in [0.25, 0.3) is 12.2 Å². The van der Waals surface area contributed by atoms with E-state index in [-0.39, 0.29) is 12.1 Å². The van der Waals surface area contributed by atoms with Crippen molar-refractivity contribution in [3.63, 3.8) is 0 Å². The molecule has 0 spiro atoms. The zero-order valence-electron chi connectivity index (χ0n) is 13.4. The van der Waals surface area contributed by atoms with E-state index in [0.29, 0.717) is 6.04 Å². The third-order valence-electron chi connectivity index (χ3n) is 4.83. The zero-order valence-corrected chi connectivity index (χ0v) is 13.4. The number of hydrogen-bond donors (Lipinski definition) is 3. The molecule has 24 heavy (non-hydrogen) atoms. The van der Waals surface area contributed by atoms with E-state index in [9.17, 15) is 0 Å². The van der Waals surface area contributed by atoms with Crippen LogP contribution in [0.15, 0.2) is 53.6 Å². The summed E-state index contributed by atoms with van der Waals surface area (Å²) in [5.74, 6) is 0. The second-order valence-corrected chi connectivity index (χ2v) is 6.76. The predicted octanol–water partition coefficient (Wildman–Crippen LogP) is 1.17. The summed E-state index contributed by atoms with van der Waals surface area (Å²) in [4.78, 5) is 11.8. The average Bonchev–Trinajstić information content (AvgIpc) is 3.32. The van der Waals surface area contributed by atoms with Gasteiger partial charge in [0.25, 0.3) is 0 Å². The van der Waals surface area contributed by atoms with Crippen molar-refractivity contribution in [2.45, 2.75) is 31.0 Å². The van der Waals surface area contributed by atoms with E-state index in [4.69, 9.17) is 4.99 Å². The fraction of sp³-hybridized carbons (Fsp3) is 0.250. The van der Waals surface area contributed by atoms with Gasteiger partial charge in [-0.05, 0) is 42.5 Å². The highest BCUT2D eigenvalue weighted by atomic mass is 15.0. The number of nitrogens with zero attached hydrogens (tertiary/aromatic N) is 1. The minimum Gasteiger partial charge on any atom is -0.359 e. The lowest BCUT2D eigenvalue weighted by Gasteiger charge is -2.11. The van der Waals surface area contributed by atoms with Gasteiger partial charge in [-0.2, -0.15) is 0 Å². The van der Waals surface area contributed by atoms with E-state index in [1.807, 2.05) is 0 Å². The van der Waals surface area contributed by atoms with Crippen molar-refractivity contribution in [2.75, 3.05) is 0 Å². The lowest BCUT2D eigenvalue weighted by atomic mass is 10.1. The van der Waals surface area contributed by atoms with Gasteiger partial charge >= 0.3 is 0 Å². The molecule has 0 saturated carbocycles. The third-order valence-corrected chi connectivity index (χ3v) is 4.83. The maximum absolute atomic E-state index is 4.87. The summed E-state index contributed by atoms with van der Waals surface area (Å²) in [5.41, 5.74) is 3.54. The van der Waals surface area contributed by atoms with Gasteiger partial charge in [-0.15, -0.1) is 0 Å². The van der Waals surface area contributed by atoms with Crippen LogP contribution in [-0.4, -0.2) is 33.8 Å². The Labute approximate surface area is 140 Å². The molecule has 0 radical (unpaired) electrons. The molecule has 2 aromatic heterocycles. The molecule has 3 N–H and O–H groups in total. The Bertz CT molecular complexity index is 969. The van der Waals surface area contributed by atoms with Crippen LogP contribution in [-0.2, 0) is 6.42 Å². The first-order valence-corrected chi connectivity index (χ1v) is 8.56. The minimum atomic E-state index is 0.254. The highest BCUT2D eigenvalue weighted by Crippen LogP contribution is 2.16. The molecule has 0 aromatic carbocycles. The maximum atomic E-state index is 4.87. The van der Waals surface area contributed by atoms with Gasteiger partial charge in [-0.3, -0.25) is 4.99 Å². The van der Waals surface area contributed by atoms with Crippen LogP contribution in [0.4, 0.5) is 0 Å². The first kappa shape index (κ1) is 13.8. The first-order valence-electron chi connectivity index (χ1n) is 8.56. The Balaban J connectivity index is 1.56. The van der Waals surface area contributed by atoms with Crippen LogP contribution in [0.3, 0.4) is 0 Å². The molecule has 8 bridgehead atoms. The number of rotatable bonds is 0. The second kappa shape index (κ2) is 5.49. The lowest BCUT2D eigenvalue weighted by Crippen LogP contribution is -2.31. The second-order valence-electron chi connectivity index (χ2n) is 6.76. The number of aliphatic imine (C=N–C) groups is 1. The molecule has 3 atom stereocenters. The van der Waals surface area contributed by atoms with E-state index in [1.165, 1.54) is 11.4 Å². The topological polar surface area (TPSA) is 56.0 Å². The molecule has 4 nitrogen and oxygen atoms in total. The third kappa shape index (κ3) is 2.69. The summed E-state index contributed by atoms with van der Waals surface area (Å²) < 4.78 is 0. The van der Waals surface area contributed by atoms with E-state index in [1.54, 1.807) is 0 Å². The van der Waals surface area contributed by atoms with Crippen molar-refractivity contribution in [3.05, 3.63) is 70.7 Å². The van der Waals surface area contributed by atoms with Gasteiger partial charge in [0.15, 0.2) is 0 Å². The zero-order chi connectivity index (χ0) is 15.9. The lowest BCUT2D eigenvalue weighted by molar-refractivity contribution is 0.649. The monoisotopic (exact) mass is 316 g/mol. The molecular weight excluding hydrogens is 296 g/mol. The van der Waals surface area contributed by atoms with Gasteiger partial charge in [0.05, 0.1) is 6.04 Å². The van der Waals surface area contributed by atoms with E-state index in [0.717, 1.165) is 29.2 Å². The van der Waals surface area contributed by atoms with Crippen molar-refractivity contribution >= 4 is 17.9 Å². The standard InChI is InChI=1S/C20H20N4/c1-2-14-10-16-5-6-18(23-16)12-20-8-7-19(24-20)11-17-4-3-15(22-17)9-13(1)21-14/h1-10,15,17,20-23H,11-12H2. The summed E-state index contributed by atoms with van der Waals surface area (Å²) in [5, 5.41) is 5.89. The largest absolute Gasteiger partial charge is 0.359 e. The van der Waals surface area contributed by atoms with Crippen molar-refractivity contribution < 1.29 is 0 Å². The van der Waals surface area contributed by atoms with E-state index >= 15 is 0 Å². The molecule has 3 unspecified atom stereocenters. The van der Waals surface area contributed by atoms with Gasteiger partial charge in [0.2, 0.25) is 0 Å². The van der Waals surface area contributed by atoms with Crippen LogP contribution >= 0.6 is 0 Å². The highest BCUT2D eigenvalue weighted by Gasteiger charge is 2.20. The normalized spacial score (nSPS) is 27.7. The molecule has 3 aliphatic rings. The van der Waals surface area contributed by atoms with Gasteiger partial charge in [-0.25, -0.2) is 0 Å². The fourth-order valence-corrected chi connectivity index (χ4v) is 3.68. The quantitative estimate of drug-likeness (QED) is 0.628. The Morgan fingerprint density at radius 3 is 2.88 bits per heavy atom. The molecule has 0 aliphatic carbocycles. The average molecular weight is 316 g/mol. The number of aromatic amines is 2. The summed E-state index contributed by atoms with van der Waals surface area (Å²) >= 11 is 0. The highest BCUT2D eigenvalue weighted by molar-refractivity contribution is 5.97. The Hall–Kier alpha value is -2.59. The smallest absolute Gasteiger partial charge is 0.0741 e. The molecule has 5 rings (SSSR count). The number of hydrogen-bond acceptors (Lipinski definition) is 2. The van der Waals surface area contributed by atoms with Gasteiger partial charge < -0.3 is 15.3 Å². The predicted molar refractivity (Wildman–Crippen MR) is 97.4 cm³/mol. The van der Waals surface area contributed by atoms with E-state index in [2.05, 4.69) is 76.0 Å². The Kier molecular flexibility index (Phi) is 3.16. The van der Waals surface area contributed by atoms with Crippen LogP contribution in [0.1, 0.15) is 17.8 Å². The molecule has 0 amide bonds. The van der Waals surface area contributed by atoms with Gasteiger partial charge in [-0.1, -0.05) is 18.2 Å². The van der Waals surface area contributed by atoms with Gasteiger partial charge in [0, 0.05) is 52.7 Å². The fourth-order valence-electron chi connectivity index (χ4n) is 3.68. The van der Waals surface area contributed by atoms with Crippen LogP contribution in [0.5, 0.6) is 0 Å². The number of H-pyrrole nitrogens is 2. The number of nitrogens with one attached hydrogen (secondary N) is 3. The van der Waals surface area contributed by atoms with E-state index < -0.39 is 0 Å². The van der Waals surface area contributed by atoms with Crippen molar-refractivity contribution in [2.24, 2.45) is 4.99 Å². The molecule has 0 fully saturated rings. The molecule has 3 aliphatic heterocycles. The van der Waals surface area contributed by atoms with Crippen LogP contribution < -0.4 is 16.0 Å². The molecule has 4 heteroatoms. The summed E-state index contributed by atoms with van der Waals surface area (Å²) in [6.45, 7) is 0. The number of aromatic nitrogens is 2. The Morgan fingerprint density at radius 1 is 0.917 bits per heavy atom. The molecule has 120 valence electrons. The number of allylic oxidation sites excluding steroid dienone is 1. The van der Waals surface area contributed by atoms with Crippen LogP contribution in [0.2, 0.25) is 0 Å². The SMILES string of the molecule is C1=CC2Cc3ccc([nH]3)C=c3ccc([nH]3)=CC3C=CC(CC1=N2)N3. The van der Waals surface area contributed by atoms with Crippen molar-refractivity contribution in [3.8, 4) is 0 Å². The van der Waals surface area contributed by atoms with Crippen molar-refractivity contribution in [1.29, 1.82) is 0 Å². The van der Waals surface area contributed by atoms with Crippen molar-refractivity contribution in [1.82, 2.24) is 15.3 Å². The Morgan fingerprint density at radius 2 is 1.88 bits per heavy atom. The maximum Gasteiger partial charge on any atom is 0.0741 e.